The van der Waals surface area contributed by atoms with Gasteiger partial charge in [0.2, 0.25) is 0 Å². The monoisotopic (exact) mass is 300 g/mol. The molecule has 0 saturated carbocycles. The van der Waals surface area contributed by atoms with Crippen molar-refractivity contribution in [2.75, 3.05) is 13.7 Å². The van der Waals surface area contributed by atoms with E-state index in [1.165, 1.54) is 0 Å². The van der Waals surface area contributed by atoms with Crippen LogP contribution in [0.1, 0.15) is 18.9 Å². The van der Waals surface area contributed by atoms with Crippen molar-refractivity contribution >= 4 is 15.9 Å². The molecule has 1 aromatic carbocycles. The maximum Gasteiger partial charge on any atom is 0.175 e. The second kappa shape index (κ2) is 6.67. The summed E-state index contributed by atoms with van der Waals surface area (Å²) in [5.74, 6) is 1.27. The molecule has 1 rings (SSSR count). The van der Waals surface area contributed by atoms with Crippen LogP contribution in [0, 0.1) is 0 Å². The van der Waals surface area contributed by atoms with Crippen LogP contribution >= 0.6 is 15.9 Å². The Hall–Kier alpha value is -1.00. The van der Waals surface area contributed by atoms with Crippen molar-refractivity contribution in [3.63, 3.8) is 0 Å². The lowest BCUT2D eigenvalue weighted by atomic mass is 10.2. The van der Waals surface area contributed by atoms with Crippen molar-refractivity contribution in [2.24, 2.45) is 0 Å². The van der Waals surface area contributed by atoms with Gasteiger partial charge in [-0.1, -0.05) is 5.57 Å². The predicted molar refractivity (Wildman–Crippen MR) is 71.5 cm³/mol. The molecule has 0 heterocycles. The molecule has 1 N–H and O–H groups in total. The molecule has 0 unspecified atom stereocenters. The summed E-state index contributed by atoms with van der Waals surface area (Å²) in [5, 5.41) is 9.09. The van der Waals surface area contributed by atoms with E-state index in [1.54, 1.807) is 13.2 Å². The minimum absolute atomic E-state index is 0.0268. The van der Waals surface area contributed by atoms with Crippen LogP contribution in [0.3, 0.4) is 0 Å². The molecule has 0 aliphatic carbocycles. The van der Waals surface area contributed by atoms with Gasteiger partial charge in [0.25, 0.3) is 0 Å². The molecule has 4 heteroatoms. The summed E-state index contributed by atoms with van der Waals surface area (Å²) in [7, 11) is 1.58. The van der Waals surface area contributed by atoms with Crippen LogP contribution in [-0.2, 0) is 6.61 Å². The Morgan fingerprint density at radius 2 is 2.18 bits per heavy atom. The van der Waals surface area contributed by atoms with Crippen LogP contribution in [0.4, 0.5) is 0 Å². The van der Waals surface area contributed by atoms with Gasteiger partial charge in [-0.25, -0.2) is 0 Å². The van der Waals surface area contributed by atoms with Gasteiger partial charge in [-0.15, -0.1) is 6.58 Å². The SMILES string of the molecule is C=C(C)CCOc1c(Br)cc(CO)cc1OC. The average molecular weight is 301 g/mol. The van der Waals surface area contributed by atoms with E-state index in [1.807, 2.05) is 13.0 Å². The maximum absolute atomic E-state index is 9.09. The molecule has 0 bridgehead atoms. The highest BCUT2D eigenvalue weighted by molar-refractivity contribution is 9.10. The van der Waals surface area contributed by atoms with E-state index in [2.05, 4.69) is 22.5 Å². The minimum Gasteiger partial charge on any atom is -0.493 e. The first-order chi connectivity index (χ1) is 8.08. The van der Waals surface area contributed by atoms with Gasteiger partial charge in [0, 0.05) is 6.42 Å². The normalized spacial score (nSPS) is 10.1. The lowest BCUT2D eigenvalue weighted by Gasteiger charge is -2.13. The van der Waals surface area contributed by atoms with Crippen LogP contribution < -0.4 is 9.47 Å². The van der Waals surface area contributed by atoms with Gasteiger partial charge in [0.1, 0.15) is 0 Å². The van der Waals surface area contributed by atoms with E-state index in [4.69, 9.17) is 14.6 Å². The van der Waals surface area contributed by atoms with E-state index in [9.17, 15) is 0 Å². The smallest absolute Gasteiger partial charge is 0.175 e. The first kappa shape index (κ1) is 14.1. The van der Waals surface area contributed by atoms with Crippen LogP contribution in [-0.4, -0.2) is 18.8 Å². The van der Waals surface area contributed by atoms with Crippen molar-refractivity contribution in [3.8, 4) is 11.5 Å². The van der Waals surface area contributed by atoms with Gasteiger partial charge in [0.05, 0.1) is 24.8 Å². The van der Waals surface area contributed by atoms with Crippen molar-refractivity contribution in [3.05, 3.63) is 34.3 Å². The third-order valence-corrected chi connectivity index (χ3v) is 2.84. The number of hydrogen-bond acceptors (Lipinski definition) is 3. The molecule has 3 nitrogen and oxygen atoms in total. The third-order valence-electron chi connectivity index (χ3n) is 2.25. The Morgan fingerprint density at radius 3 is 2.71 bits per heavy atom. The standard InChI is InChI=1S/C13H17BrO3/c1-9(2)4-5-17-13-11(14)6-10(8-15)7-12(13)16-3/h6-7,15H,1,4-5,8H2,2-3H3. The number of ether oxygens (including phenoxy) is 2. The molecular weight excluding hydrogens is 284 g/mol. The summed E-state index contributed by atoms with van der Waals surface area (Å²) in [6.07, 6.45) is 0.803. The fourth-order valence-corrected chi connectivity index (χ4v) is 1.94. The lowest BCUT2D eigenvalue weighted by molar-refractivity contribution is 0.277. The molecule has 0 spiro atoms. The van der Waals surface area contributed by atoms with Crippen LogP contribution in [0.2, 0.25) is 0 Å². The van der Waals surface area contributed by atoms with E-state index in [0.717, 1.165) is 22.0 Å². The highest BCUT2D eigenvalue weighted by Gasteiger charge is 2.11. The first-order valence-electron chi connectivity index (χ1n) is 5.33. The zero-order valence-corrected chi connectivity index (χ0v) is 11.7. The van der Waals surface area contributed by atoms with Crippen LogP contribution in [0.25, 0.3) is 0 Å². The van der Waals surface area contributed by atoms with E-state index >= 15 is 0 Å². The Morgan fingerprint density at radius 1 is 1.47 bits per heavy atom. The second-order valence-corrected chi connectivity index (χ2v) is 4.68. The number of methoxy groups -OCH3 is 1. The van der Waals surface area contributed by atoms with Crippen LogP contribution in [0.15, 0.2) is 28.8 Å². The molecule has 0 radical (unpaired) electrons. The fourth-order valence-electron chi connectivity index (χ4n) is 1.33. The molecule has 0 aliphatic heterocycles. The van der Waals surface area contributed by atoms with Gasteiger partial charge in [-0.2, -0.15) is 0 Å². The van der Waals surface area contributed by atoms with Gasteiger partial charge >= 0.3 is 0 Å². The van der Waals surface area contributed by atoms with Gasteiger partial charge in [0.15, 0.2) is 11.5 Å². The number of benzene rings is 1. The highest BCUT2D eigenvalue weighted by Crippen LogP contribution is 2.36. The van der Waals surface area contributed by atoms with Gasteiger partial charge < -0.3 is 14.6 Å². The summed E-state index contributed by atoms with van der Waals surface area (Å²) in [5.41, 5.74) is 1.85. The molecule has 0 aromatic heterocycles. The molecule has 0 aliphatic rings. The average Bonchev–Trinajstić information content (AvgIpc) is 2.30. The summed E-state index contributed by atoms with van der Waals surface area (Å²) in [4.78, 5) is 0. The Labute approximate surface area is 110 Å². The predicted octanol–water partition coefficient (Wildman–Crippen LogP) is 3.30. The summed E-state index contributed by atoms with van der Waals surface area (Å²) in [6, 6.07) is 3.58. The number of halogens is 1. The molecule has 0 saturated heterocycles. The number of aliphatic hydroxyl groups is 1. The highest BCUT2D eigenvalue weighted by atomic mass is 79.9. The largest absolute Gasteiger partial charge is 0.493 e. The van der Waals surface area contributed by atoms with Crippen molar-refractivity contribution in [1.82, 2.24) is 0 Å². The fraction of sp³-hybridized carbons (Fsp3) is 0.385. The van der Waals surface area contributed by atoms with E-state index in [-0.39, 0.29) is 6.61 Å². The Kier molecular flexibility index (Phi) is 5.51. The number of aliphatic hydroxyl groups excluding tert-OH is 1. The van der Waals surface area contributed by atoms with E-state index < -0.39 is 0 Å². The number of rotatable bonds is 6. The third kappa shape index (κ3) is 4.06. The zero-order valence-electron chi connectivity index (χ0n) is 10.1. The Balaban J connectivity index is 2.86. The molecular formula is C13H17BrO3. The second-order valence-electron chi connectivity index (χ2n) is 3.82. The van der Waals surface area contributed by atoms with Gasteiger partial charge in [-0.05, 0) is 40.5 Å². The molecule has 1 aromatic rings. The van der Waals surface area contributed by atoms with Crippen LogP contribution in [0.5, 0.6) is 11.5 Å². The van der Waals surface area contributed by atoms with E-state index in [0.29, 0.717) is 18.1 Å². The Bertz CT molecular complexity index is 402. The van der Waals surface area contributed by atoms with Crippen molar-refractivity contribution < 1.29 is 14.6 Å². The molecule has 94 valence electrons. The number of hydrogen-bond donors (Lipinski definition) is 1. The van der Waals surface area contributed by atoms with Crippen molar-refractivity contribution in [1.29, 1.82) is 0 Å². The lowest BCUT2D eigenvalue weighted by Crippen LogP contribution is -2.01. The zero-order chi connectivity index (χ0) is 12.8. The minimum atomic E-state index is -0.0268. The summed E-state index contributed by atoms with van der Waals surface area (Å²) in [6.45, 7) is 6.32. The molecule has 0 amide bonds. The first-order valence-corrected chi connectivity index (χ1v) is 6.12. The molecule has 17 heavy (non-hydrogen) atoms. The summed E-state index contributed by atoms with van der Waals surface area (Å²) >= 11 is 3.41. The molecule has 0 fully saturated rings. The molecule has 0 atom stereocenters. The van der Waals surface area contributed by atoms with Gasteiger partial charge in [-0.3, -0.25) is 0 Å². The maximum atomic E-state index is 9.09. The van der Waals surface area contributed by atoms with Crippen molar-refractivity contribution in [2.45, 2.75) is 20.0 Å². The summed E-state index contributed by atoms with van der Waals surface area (Å²) < 4.78 is 11.7. The topological polar surface area (TPSA) is 38.7 Å². The quantitative estimate of drug-likeness (QED) is 0.819.